The molecular weight excluding hydrogens is 244 g/mol. The highest BCUT2D eigenvalue weighted by Crippen LogP contribution is 2.07. The molecule has 0 aromatic carbocycles. The van der Waals surface area contributed by atoms with Crippen LogP contribution in [0.15, 0.2) is 0 Å². The zero-order valence-corrected chi connectivity index (χ0v) is 13.0. The van der Waals surface area contributed by atoms with E-state index in [0.29, 0.717) is 12.3 Å². The Morgan fingerprint density at radius 3 is 2.26 bits per heavy atom. The first kappa shape index (κ1) is 17.9. The molecule has 0 aliphatic rings. The van der Waals surface area contributed by atoms with Crippen LogP contribution in [0.5, 0.6) is 0 Å². The molecule has 2 N–H and O–H groups in total. The van der Waals surface area contributed by atoms with Gasteiger partial charge < -0.3 is 10.1 Å². The minimum absolute atomic E-state index is 0.107. The predicted molar refractivity (Wildman–Crippen MR) is 75.8 cm³/mol. The quantitative estimate of drug-likeness (QED) is 0.657. The summed E-state index contributed by atoms with van der Waals surface area (Å²) >= 11 is 0. The van der Waals surface area contributed by atoms with Gasteiger partial charge in [0.1, 0.15) is 6.04 Å². The molecule has 0 fully saturated rings. The third-order valence-corrected chi connectivity index (χ3v) is 3.06. The number of carbonyl (C=O) groups is 2. The lowest BCUT2D eigenvalue weighted by Gasteiger charge is -2.25. The topological polar surface area (TPSA) is 67.4 Å². The first-order chi connectivity index (χ1) is 8.71. The van der Waals surface area contributed by atoms with Crippen molar-refractivity contribution in [1.29, 1.82) is 0 Å². The van der Waals surface area contributed by atoms with Gasteiger partial charge in [0.05, 0.1) is 13.7 Å². The fraction of sp³-hybridized carbons (Fsp3) is 0.857. The molecule has 0 spiro atoms. The Morgan fingerprint density at radius 1 is 1.26 bits per heavy atom. The Bertz CT molecular complexity index is 301. The lowest BCUT2D eigenvalue weighted by molar-refractivity contribution is -0.143. The number of amides is 1. The summed E-state index contributed by atoms with van der Waals surface area (Å²) in [7, 11) is 1.36. The number of ether oxygens (including phenoxy) is 1. The molecule has 1 atom stereocenters. The number of methoxy groups -OCH3 is 1. The summed E-state index contributed by atoms with van der Waals surface area (Å²) < 4.78 is 4.73. The highest BCUT2D eigenvalue weighted by Gasteiger charge is 2.22. The molecule has 0 aliphatic heterocycles. The number of esters is 1. The average molecular weight is 272 g/mol. The van der Waals surface area contributed by atoms with Crippen molar-refractivity contribution in [1.82, 2.24) is 10.6 Å². The summed E-state index contributed by atoms with van der Waals surface area (Å²) in [6, 6.07) is -0.430. The summed E-state index contributed by atoms with van der Waals surface area (Å²) in [6.07, 6.45) is 1.50. The second kappa shape index (κ2) is 8.15. The van der Waals surface area contributed by atoms with Crippen LogP contribution in [0.2, 0.25) is 0 Å². The van der Waals surface area contributed by atoms with Gasteiger partial charge in [-0.25, -0.2) is 0 Å². The summed E-state index contributed by atoms with van der Waals surface area (Å²) in [5, 5.41) is 5.88. The van der Waals surface area contributed by atoms with Gasteiger partial charge in [-0.15, -0.1) is 0 Å². The Balaban J connectivity index is 4.31. The minimum atomic E-state index is -0.430. The van der Waals surface area contributed by atoms with Gasteiger partial charge in [-0.1, -0.05) is 20.8 Å². The van der Waals surface area contributed by atoms with E-state index in [1.807, 2.05) is 34.6 Å². The summed E-state index contributed by atoms with van der Waals surface area (Å²) in [4.78, 5) is 23.4. The van der Waals surface area contributed by atoms with Crippen LogP contribution in [0.1, 0.15) is 47.5 Å². The molecule has 0 bridgehead atoms. The highest BCUT2D eigenvalue weighted by atomic mass is 16.5. The molecule has 0 radical (unpaired) electrons. The molecule has 0 aromatic rings. The zero-order chi connectivity index (χ0) is 15.1. The van der Waals surface area contributed by atoms with Gasteiger partial charge in [0.25, 0.3) is 0 Å². The van der Waals surface area contributed by atoms with Crippen LogP contribution in [0.3, 0.4) is 0 Å². The lowest BCUT2D eigenvalue weighted by atomic mass is 10.0. The fourth-order valence-electron chi connectivity index (χ4n) is 1.60. The first-order valence-corrected chi connectivity index (χ1v) is 6.84. The highest BCUT2D eigenvalue weighted by molar-refractivity contribution is 5.80. The van der Waals surface area contributed by atoms with Gasteiger partial charge in [-0.05, 0) is 32.6 Å². The van der Waals surface area contributed by atoms with E-state index in [-0.39, 0.29) is 24.0 Å². The van der Waals surface area contributed by atoms with Crippen LogP contribution in [0, 0.1) is 5.92 Å². The van der Waals surface area contributed by atoms with Crippen molar-refractivity contribution < 1.29 is 14.3 Å². The van der Waals surface area contributed by atoms with Crippen molar-refractivity contribution in [3.05, 3.63) is 0 Å². The molecule has 112 valence electrons. The molecule has 0 heterocycles. The maximum absolute atomic E-state index is 11.8. The van der Waals surface area contributed by atoms with Crippen LogP contribution in [0.25, 0.3) is 0 Å². The number of hydrogen-bond donors (Lipinski definition) is 2. The van der Waals surface area contributed by atoms with Crippen molar-refractivity contribution in [2.75, 3.05) is 13.7 Å². The van der Waals surface area contributed by atoms with Gasteiger partial charge in [-0.2, -0.15) is 0 Å². The molecule has 5 nitrogen and oxygen atoms in total. The molecule has 0 saturated carbocycles. The number of nitrogens with one attached hydrogen (secondary N) is 2. The number of hydrogen-bond acceptors (Lipinski definition) is 4. The number of rotatable bonds is 8. The third kappa shape index (κ3) is 7.82. The Morgan fingerprint density at radius 2 is 1.84 bits per heavy atom. The minimum Gasteiger partial charge on any atom is -0.468 e. The monoisotopic (exact) mass is 272 g/mol. The number of carbonyl (C=O) groups excluding carboxylic acids is 2. The molecule has 0 aliphatic carbocycles. The lowest BCUT2D eigenvalue weighted by Crippen LogP contribution is -2.49. The van der Waals surface area contributed by atoms with Gasteiger partial charge in [0, 0.05) is 5.54 Å². The SMILES string of the molecule is CCC(C)(C)NC(=O)CNC(CC(C)C)C(=O)OC. The molecular formula is C14H28N2O3. The van der Waals surface area contributed by atoms with Crippen LogP contribution in [-0.2, 0) is 14.3 Å². The van der Waals surface area contributed by atoms with Gasteiger partial charge in [0.2, 0.25) is 5.91 Å². The molecule has 1 amide bonds. The second-order valence-electron chi connectivity index (χ2n) is 5.87. The van der Waals surface area contributed by atoms with Crippen LogP contribution >= 0.6 is 0 Å². The maximum atomic E-state index is 11.8. The maximum Gasteiger partial charge on any atom is 0.322 e. The molecule has 0 rings (SSSR count). The fourth-order valence-corrected chi connectivity index (χ4v) is 1.60. The third-order valence-electron chi connectivity index (χ3n) is 3.06. The molecule has 1 unspecified atom stereocenters. The van der Waals surface area contributed by atoms with Crippen molar-refractivity contribution in [2.45, 2.75) is 59.0 Å². The summed E-state index contributed by atoms with van der Waals surface area (Å²) in [6.45, 7) is 10.1. The first-order valence-electron chi connectivity index (χ1n) is 6.84. The molecule has 0 saturated heterocycles. The van der Waals surface area contributed by atoms with Crippen LogP contribution < -0.4 is 10.6 Å². The van der Waals surface area contributed by atoms with E-state index in [1.165, 1.54) is 7.11 Å². The Labute approximate surface area is 116 Å². The van der Waals surface area contributed by atoms with E-state index in [2.05, 4.69) is 10.6 Å². The van der Waals surface area contributed by atoms with Crippen molar-refractivity contribution >= 4 is 11.9 Å². The van der Waals surface area contributed by atoms with Crippen LogP contribution in [-0.4, -0.2) is 37.1 Å². The average Bonchev–Trinajstić information content (AvgIpc) is 2.32. The van der Waals surface area contributed by atoms with E-state index in [0.717, 1.165) is 6.42 Å². The smallest absolute Gasteiger partial charge is 0.322 e. The Kier molecular flexibility index (Phi) is 7.68. The van der Waals surface area contributed by atoms with Gasteiger partial charge in [-0.3, -0.25) is 14.9 Å². The molecule has 19 heavy (non-hydrogen) atoms. The van der Waals surface area contributed by atoms with Crippen LogP contribution in [0.4, 0.5) is 0 Å². The zero-order valence-electron chi connectivity index (χ0n) is 13.0. The van der Waals surface area contributed by atoms with E-state index in [9.17, 15) is 9.59 Å². The second-order valence-corrected chi connectivity index (χ2v) is 5.87. The predicted octanol–water partition coefficient (Wildman–Crippen LogP) is 1.47. The van der Waals surface area contributed by atoms with Crippen molar-refractivity contribution in [2.24, 2.45) is 5.92 Å². The van der Waals surface area contributed by atoms with E-state index in [1.54, 1.807) is 0 Å². The van der Waals surface area contributed by atoms with E-state index < -0.39 is 6.04 Å². The summed E-state index contributed by atoms with van der Waals surface area (Å²) in [5.41, 5.74) is -0.225. The standard InChI is InChI=1S/C14H28N2O3/c1-7-14(4,5)16-12(17)9-15-11(8-10(2)3)13(18)19-6/h10-11,15H,7-9H2,1-6H3,(H,16,17). The molecule has 5 heteroatoms. The Hall–Kier alpha value is -1.10. The van der Waals surface area contributed by atoms with Crippen molar-refractivity contribution in [3.8, 4) is 0 Å². The van der Waals surface area contributed by atoms with E-state index >= 15 is 0 Å². The van der Waals surface area contributed by atoms with Gasteiger partial charge >= 0.3 is 5.97 Å². The van der Waals surface area contributed by atoms with E-state index in [4.69, 9.17) is 4.74 Å². The molecule has 0 aromatic heterocycles. The summed E-state index contributed by atoms with van der Waals surface area (Å²) in [5.74, 6) is -0.0764. The van der Waals surface area contributed by atoms with Gasteiger partial charge in [0.15, 0.2) is 0 Å². The normalized spacial score (nSPS) is 13.2. The van der Waals surface area contributed by atoms with Crippen molar-refractivity contribution in [3.63, 3.8) is 0 Å². The largest absolute Gasteiger partial charge is 0.468 e.